The molecule has 4 heteroatoms. The van der Waals surface area contributed by atoms with Gasteiger partial charge in [0.2, 0.25) is 0 Å². The number of fused-ring (bicyclic) bond motifs is 1. The van der Waals surface area contributed by atoms with Crippen molar-refractivity contribution >= 4 is 5.69 Å². The van der Waals surface area contributed by atoms with Crippen LogP contribution in [0.2, 0.25) is 0 Å². The van der Waals surface area contributed by atoms with E-state index < -0.39 is 6.10 Å². The van der Waals surface area contributed by atoms with E-state index in [9.17, 15) is 5.11 Å². The Balaban J connectivity index is 1.85. The molecule has 0 spiro atoms. The minimum Gasteiger partial charge on any atom is -0.487 e. The first-order valence-electron chi connectivity index (χ1n) is 5.87. The topological polar surface area (TPSA) is 68.4 Å². The molecule has 1 aromatic heterocycles. The second-order valence-corrected chi connectivity index (χ2v) is 4.42. The molecule has 0 fully saturated rings. The number of anilines is 1. The highest BCUT2D eigenvalue weighted by Gasteiger charge is 2.30. The molecule has 0 saturated carbocycles. The molecule has 2 atom stereocenters. The minimum absolute atomic E-state index is 0.297. The predicted octanol–water partition coefficient (Wildman–Crippen LogP) is 1.70. The number of hydrogen-bond donors (Lipinski definition) is 2. The third-order valence-electron chi connectivity index (χ3n) is 3.23. The molecule has 4 nitrogen and oxygen atoms in total. The monoisotopic (exact) mass is 242 g/mol. The summed E-state index contributed by atoms with van der Waals surface area (Å²) in [6, 6.07) is 9.49. The molecule has 3 rings (SSSR count). The van der Waals surface area contributed by atoms with E-state index in [1.807, 2.05) is 24.3 Å². The van der Waals surface area contributed by atoms with Crippen molar-refractivity contribution in [2.45, 2.75) is 18.6 Å². The van der Waals surface area contributed by atoms with Crippen LogP contribution in [0, 0.1) is 0 Å². The third kappa shape index (κ3) is 1.80. The lowest BCUT2D eigenvalue weighted by atomic mass is 10.0. The van der Waals surface area contributed by atoms with Gasteiger partial charge in [0.25, 0.3) is 0 Å². The summed E-state index contributed by atoms with van der Waals surface area (Å²) in [6.07, 6.45) is 2.83. The summed E-state index contributed by atoms with van der Waals surface area (Å²) in [5, 5.41) is 10.3. The Morgan fingerprint density at radius 1 is 1.33 bits per heavy atom. The molecule has 18 heavy (non-hydrogen) atoms. The van der Waals surface area contributed by atoms with Crippen molar-refractivity contribution in [3.8, 4) is 5.75 Å². The van der Waals surface area contributed by atoms with Gasteiger partial charge >= 0.3 is 0 Å². The molecule has 1 aliphatic rings. The van der Waals surface area contributed by atoms with Crippen LogP contribution in [0.4, 0.5) is 5.69 Å². The lowest BCUT2D eigenvalue weighted by Gasteiger charge is -2.19. The van der Waals surface area contributed by atoms with Gasteiger partial charge in [-0.05, 0) is 17.7 Å². The summed E-state index contributed by atoms with van der Waals surface area (Å²) in [4.78, 5) is 3.99. The van der Waals surface area contributed by atoms with Crippen LogP contribution in [-0.4, -0.2) is 16.2 Å². The van der Waals surface area contributed by atoms with Gasteiger partial charge in [0.1, 0.15) is 18.0 Å². The Bertz CT molecular complexity index is 546. The Morgan fingerprint density at radius 3 is 2.94 bits per heavy atom. The van der Waals surface area contributed by atoms with Crippen LogP contribution in [0.15, 0.2) is 42.7 Å². The van der Waals surface area contributed by atoms with Gasteiger partial charge in [-0.1, -0.05) is 18.2 Å². The van der Waals surface area contributed by atoms with Gasteiger partial charge in [0.15, 0.2) is 0 Å². The maximum Gasteiger partial charge on any atom is 0.133 e. The first kappa shape index (κ1) is 11.0. The van der Waals surface area contributed by atoms with E-state index in [1.54, 1.807) is 18.5 Å². The Kier molecular flexibility index (Phi) is 2.64. The second kappa shape index (κ2) is 4.31. The van der Waals surface area contributed by atoms with Crippen LogP contribution in [0.25, 0.3) is 0 Å². The van der Waals surface area contributed by atoms with Crippen molar-refractivity contribution in [3.63, 3.8) is 0 Å². The Hall–Kier alpha value is -2.07. The van der Waals surface area contributed by atoms with Crippen molar-refractivity contribution in [1.82, 2.24) is 4.98 Å². The maximum atomic E-state index is 10.3. The molecular weight excluding hydrogens is 228 g/mol. The molecule has 1 aromatic carbocycles. The van der Waals surface area contributed by atoms with E-state index in [2.05, 4.69) is 4.98 Å². The van der Waals surface area contributed by atoms with Crippen molar-refractivity contribution in [2.24, 2.45) is 0 Å². The van der Waals surface area contributed by atoms with Crippen LogP contribution >= 0.6 is 0 Å². The number of hydrogen-bond acceptors (Lipinski definition) is 4. The number of nitrogens with zero attached hydrogens (tertiary/aromatic N) is 1. The summed E-state index contributed by atoms with van der Waals surface area (Å²) in [5.41, 5.74) is 8.11. The zero-order valence-electron chi connectivity index (χ0n) is 9.78. The molecule has 0 amide bonds. The van der Waals surface area contributed by atoms with E-state index in [1.165, 1.54) is 0 Å². The van der Waals surface area contributed by atoms with Crippen LogP contribution in [0.1, 0.15) is 17.2 Å². The van der Waals surface area contributed by atoms with Gasteiger partial charge < -0.3 is 15.6 Å². The first-order valence-corrected chi connectivity index (χ1v) is 5.87. The number of pyridine rings is 1. The number of ether oxygens (including phenoxy) is 1. The zero-order chi connectivity index (χ0) is 12.5. The Morgan fingerprint density at radius 2 is 2.17 bits per heavy atom. The molecular formula is C14H14N2O2. The quantitative estimate of drug-likeness (QED) is 0.841. The molecule has 1 aliphatic heterocycles. The molecule has 92 valence electrons. The van der Waals surface area contributed by atoms with E-state index >= 15 is 0 Å². The fourth-order valence-corrected chi connectivity index (χ4v) is 2.25. The number of aliphatic hydroxyl groups is 1. The SMILES string of the molecule is Nc1ccncc1C(O)C1Cc2ccccc2O1. The van der Waals surface area contributed by atoms with Crippen molar-refractivity contribution < 1.29 is 9.84 Å². The van der Waals surface area contributed by atoms with E-state index in [0.29, 0.717) is 17.7 Å². The van der Waals surface area contributed by atoms with Crippen molar-refractivity contribution in [2.75, 3.05) is 5.73 Å². The largest absolute Gasteiger partial charge is 0.487 e. The normalized spacial score (nSPS) is 19.1. The van der Waals surface area contributed by atoms with E-state index in [4.69, 9.17) is 10.5 Å². The third-order valence-corrected chi connectivity index (χ3v) is 3.23. The highest BCUT2D eigenvalue weighted by molar-refractivity contribution is 5.47. The minimum atomic E-state index is -0.758. The smallest absolute Gasteiger partial charge is 0.133 e. The standard InChI is InChI=1S/C14H14N2O2/c15-11-5-6-16-8-10(11)14(17)13-7-9-3-1-2-4-12(9)18-13/h1-6,8,13-14,17H,7H2,(H2,15,16). The molecule has 0 aliphatic carbocycles. The summed E-state index contributed by atoms with van der Waals surface area (Å²) >= 11 is 0. The van der Waals surface area contributed by atoms with Gasteiger partial charge in [-0.2, -0.15) is 0 Å². The predicted molar refractivity (Wildman–Crippen MR) is 68.2 cm³/mol. The number of benzene rings is 1. The highest BCUT2D eigenvalue weighted by Crippen LogP contribution is 2.35. The molecule has 0 saturated heterocycles. The molecule has 0 bridgehead atoms. The van der Waals surface area contributed by atoms with Crippen molar-refractivity contribution in [3.05, 3.63) is 53.9 Å². The molecule has 0 radical (unpaired) electrons. The number of nitrogens with two attached hydrogens (primary N) is 1. The molecule has 2 unspecified atom stereocenters. The summed E-state index contributed by atoms with van der Waals surface area (Å²) < 4.78 is 5.74. The number of aromatic nitrogens is 1. The van der Waals surface area contributed by atoms with Crippen LogP contribution in [0.5, 0.6) is 5.75 Å². The fourth-order valence-electron chi connectivity index (χ4n) is 2.25. The summed E-state index contributed by atoms with van der Waals surface area (Å²) in [5.74, 6) is 0.837. The number of para-hydroxylation sites is 1. The van der Waals surface area contributed by atoms with Gasteiger partial charge in [0, 0.05) is 30.1 Å². The number of nitrogen functional groups attached to an aromatic ring is 1. The maximum absolute atomic E-state index is 10.3. The Labute approximate surface area is 105 Å². The number of rotatable bonds is 2. The van der Waals surface area contributed by atoms with Crippen LogP contribution in [0.3, 0.4) is 0 Å². The average Bonchev–Trinajstić information content (AvgIpc) is 2.82. The highest BCUT2D eigenvalue weighted by atomic mass is 16.5. The summed E-state index contributed by atoms with van der Waals surface area (Å²) in [7, 11) is 0. The number of aliphatic hydroxyl groups excluding tert-OH is 1. The average molecular weight is 242 g/mol. The second-order valence-electron chi connectivity index (χ2n) is 4.42. The van der Waals surface area contributed by atoms with Gasteiger partial charge in [-0.3, -0.25) is 4.98 Å². The van der Waals surface area contributed by atoms with Gasteiger partial charge in [-0.15, -0.1) is 0 Å². The molecule has 3 N–H and O–H groups in total. The van der Waals surface area contributed by atoms with Gasteiger partial charge in [0.05, 0.1) is 0 Å². The van der Waals surface area contributed by atoms with Crippen molar-refractivity contribution in [1.29, 1.82) is 0 Å². The van der Waals surface area contributed by atoms with Crippen LogP contribution in [-0.2, 0) is 6.42 Å². The van der Waals surface area contributed by atoms with E-state index in [0.717, 1.165) is 11.3 Å². The lowest BCUT2D eigenvalue weighted by Crippen LogP contribution is -2.24. The van der Waals surface area contributed by atoms with Gasteiger partial charge in [-0.25, -0.2) is 0 Å². The van der Waals surface area contributed by atoms with E-state index in [-0.39, 0.29) is 6.10 Å². The fraction of sp³-hybridized carbons (Fsp3) is 0.214. The first-order chi connectivity index (χ1) is 8.75. The zero-order valence-corrected chi connectivity index (χ0v) is 9.78. The van der Waals surface area contributed by atoms with Crippen LogP contribution < -0.4 is 10.5 Å². The molecule has 2 heterocycles. The molecule has 2 aromatic rings. The lowest BCUT2D eigenvalue weighted by molar-refractivity contribution is 0.0495. The summed E-state index contributed by atoms with van der Waals surface area (Å²) in [6.45, 7) is 0.